The first-order valence-corrected chi connectivity index (χ1v) is 7.84. The molecule has 0 amide bonds. The Morgan fingerprint density at radius 3 is 2.55 bits per heavy atom. The summed E-state index contributed by atoms with van der Waals surface area (Å²) in [5.41, 5.74) is 2.11. The van der Waals surface area contributed by atoms with Crippen LogP contribution in [0.3, 0.4) is 0 Å². The topological polar surface area (TPSA) is 20.3 Å². The van der Waals surface area contributed by atoms with Gasteiger partial charge in [0.15, 0.2) is 5.78 Å². The Labute approximate surface area is 130 Å². The van der Waals surface area contributed by atoms with Crippen molar-refractivity contribution in [2.24, 2.45) is 0 Å². The lowest BCUT2D eigenvalue weighted by Crippen LogP contribution is -2.29. The molecule has 0 radical (unpaired) electrons. The van der Waals surface area contributed by atoms with E-state index in [0.717, 1.165) is 25.2 Å². The number of ketones is 1. The summed E-state index contributed by atoms with van der Waals surface area (Å²) in [7, 11) is 0. The van der Waals surface area contributed by atoms with Gasteiger partial charge in [-0.05, 0) is 43.6 Å². The molecule has 2 aromatic rings. The Kier molecular flexibility index (Phi) is 4.64. The molecule has 1 saturated heterocycles. The third kappa shape index (κ3) is 3.42. The van der Waals surface area contributed by atoms with Gasteiger partial charge in [0.2, 0.25) is 0 Å². The van der Waals surface area contributed by atoms with E-state index in [9.17, 15) is 9.18 Å². The molecule has 0 aliphatic carbocycles. The molecule has 1 heterocycles. The molecule has 0 spiro atoms. The van der Waals surface area contributed by atoms with Crippen LogP contribution in [-0.4, -0.2) is 23.8 Å². The molecule has 2 nitrogen and oxygen atoms in total. The van der Waals surface area contributed by atoms with Crippen molar-refractivity contribution in [2.45, 2.75) is 25.8 Å². The molecule has 3 heteroatoms. The van der Waals surface area contributed by atoms with Crippen LogP contribution in [0.15, 0.2) is 48.5 Å². The van der Waals surface area contributed by atoms with E-state index in [4.69, 9.17) is 0 Å². The van der Waals surface area contributed by atoms with E-state index in [-0.39, 0.29) is 11.6 Å². The summed E-state index contributed by atoms with van der Waals surface area (Å²) in [6.45, 7) is 2.96. The van der Waals surface area contributed by atoms with Gasteiger partial charge in [0, 0.05) is 17.7 Å². The first-order chi connectivity index (χ1) is 10.7. The molecule has 0 aromatic heterocycles. The SMILES string of the molecule is O=C(c1cccc(F)c1)c1ccccc1CN1CCCCC1. The highest BCUT2D eigenvalue weighted by Gasteiger charge is 2.17. The second-order valence-corrected chi connectivity index (χ2v) is 5.83. The number of rotatable bonds is 4. The van der Waals surface area contributed by atoms with Crippen molar-refractivity contribution < 1.29 is 9.18 Å². The summed E-state index contributed by atoms with van der Waals surface area (Å²) in [6.07, 6.45) is 3.74. The maximum absolute atomic E-state index is 13.4. The number of piperidine rings is 1. The summed E-state index contributed by atoms with van der Waals surface area (Å²) in [4.78, 5) is 15.1. The minimum atomic E-state index is -0.376. The summed E-state index contributed by atoms with van der Waals surface area (Å²) in [6, 6.07) is 13.6. The van der Waals surface area contributed by atoms with Gasteiger partial charge in [-0.3, -0.25) is 9.69 Å². The minimum Gasteiger partial charge on any atom is -0.299 e. The zero-order chi connectivity index (χ0) is 15.4. The highest BCUT2D eigenvalue weighted by atomic mass is 19.1. The van der Waals surface area contributed by atoms with E-state index in [1.165, 1.54) is 31.4 Å². The maximum atomic E-state index is 13.4. The zero-order valence-electron chi connectivity index (χ0n) is 12.6. The summed E-state index contributed by atoms with van der Waals surface area (Å²) >= 11 is 0. The Bertz CT molecular complexity index is 662. The molecular formula is C19H20FNO. The molecule has 22 heavy (non-hydrogen) atoms. The van der Waals surface area contributed by atoms with E-state index >= 15 is 0 Å². The zero-order valence-corrected chi connectivity index (χ0v) is 12.6. The van der Waals surface area contributed by atoms with Gasteiger partial charge in [-0.1, -0.05) is 42.8 Å². The molecule has 3 rings (SSSR count). The van der Waals surface area contributed by atoms with Gasteiger partial charge in [0.1, 0.15) is 5.82 Å². The fourth-order valence-electron chi connectivity index (χ4n) is 3.02. The molecule has 1 aliphatic heterocycles. The van der Waals surface area contributed by atoms with Crippen LogP contribution in [0.4, 0.5) is 4.39 Å². The normalized spacial score (nSPS) is 15.7. The van der Waals surface area contributed by atoms with Gasteiger partial charge in [0.25, 0.3) is 0 Å². The first-order valence-electron chi connectivity index (χ1n) is 7.84. The van der Waals surface area contributed by atoms with Gasteiger partial charge in [-0.25, -0.2) is 4.39 Å². The second kappa shape index (κ2) is 6.84. The van der Waals surface area contributed by atoms with Crippen molar-refractivity contribution >= 4 is 5.78 Å². The lowest BCUT2D eigenvalue weighted by atomic mass is 9.97. The summed E-state index contributed by atoms with van der Waals surface area (Å²) in [5, 5.41) is 0. The maximum Gasteiger partial charge on any atom is 0.193 e. The molecular weight excluding hydrogens is 277 g/mol. The molecule has 1 fully saturated rings. The van der Waals surface area contributed by atoms with Crippen LogP contribution in [0, 0.1) is 5.82 Å². The molecule has 0 unspecified atom stereocenters. The van der Waals surface area contributed by atoms with Gasteiger partial charge in [0.05, 0.1) is 0 Å². The van der Waals surface area contributed by atoms with Crippen LogP contribution in [0.1, 0.15) is 40.7 Å². The monoisotopic (exact) mass is 297 g/mol. The number of benzene rings is 2. The predicted molar refractivity (Wildman–Crippen MR) is 85.4 cm³/mol. The van der Waals surface area contributed by atoms with Crippen LogP contribution >= 0.6 is 0 Å². The molecule has 1 aliphatic rings. The van der Waals surface area contributed by atoms with Crippen molar-refractivity contribution in [1.29, 1.82) is 0 Å². The van der Waals surface area contributed by atoms with Crippen molar-refractivity contribution in [3.05, 3.63) is 71.0 Å². The number of carbonyl (C=O) groups is 1. The second-order valence-electron chi connectivity index (χ2n) is 5.83. The van der Waals surface area contributed by atoms with Gasteiger partial charge >= 0.3 is 0 Å². The Hall–Kier alpha value is -2.00. The quantitative estimate of drug-likeness (QED) is 0.794. The van der Waals surface area contributed by atoms with Crippen LogP contribution in [0.5, 0.6) is 0 Å². The number of halogens is 1. The lowest BCUT2D eigenvalue weighted by Gasteiger charge is -2.27. The fourth-order valence-corrected chi connectivity index (χ4v) is 3.02. The summed E-state index contributed by atoms with van der Waals surface area (Å²) in [5.74, 6) is -0.480. The highest BCUT2D eigenvalue weighted by molar-refractivity contribution is 6.09. The van der Waals surface area contributed by atoms with Gasteiger partial charge in [-0.15, -0.1) is 0 Å². The molecule has 0 bridgehead atoms. The fraction of sp³-hybridized carbons (Fsp3) is 0.316. The number of hydrogen-bond acceptors (Lipinski definition) is 2. The van der Waals surface area contributed by atoms with E-state index in [0.29, 0.717) is 11.1 Å². The molecule has 2 aromatic carbocycles. The lowest BCUT2D eigenvalue weighted by molar-refractivity contribution is 0.103. The molecule has 0 atom stereocenters. The average Bonchev–Trinajstić information content (AvgIpc) is 2.56. The number of likely N-dealkylation sites (tertiary alicyclic amines) is 1. The predicted octanol–water partition coefficient (Wildman–Crippen LogP) is 4.04. The third-order valence-corrected chi connectivity index (χ3v) is 4.19. The van der Waals surface area contributed by atoms with Crippen LogP contribution < -0.4 is 0 Å². The van der Waals surface area contributed by atoms with E-state index in [2.05, 4.69) is 4.90 Å². The summed E-state index contributed by atoms with van der Waals surface area (Å²) < 4.78 is 13.4. The van der Waals surface area contributed by atoms with Crippen LogP contribution in [-0.2, 0) is 6.54 Å². The minimum absolute atomic E-state index is 0.105. The highest BCUT2D eigenvalue weighted by Crippen LogP contribution is 2.19. The first kappa shape index (κ1) is 14.9. The van der Waals surface area contributed by atoms with Gasteiger partial charge in [-0.2, -0.15) is 0 Å². The van der Waals surface area contributed by atoms with Crippen molar-refractivity contribution in [1.82, 2.24) is 4.90 Å². The number of nitrogens with zero attached hydrogens (tertiary/aromatic N) is 1. The van der Waals surface area contributed by atoms with Gasteiger partial charge < -0.3 is 0 Å². The average molecular weight is 297 g/mol. The Balaban J connectivity index is 1.85. The van der Waals surface area contributed by atoms with Crippen molar-refractivity contribution in [3.8, 4) is 0 Å². The van der Waals surface area contributed by atoms with E-state index in [1.54, 1.807) is 12.1 Å². The third-order valence-electron chi connectivity index (χ3n) is 4.19. The van der Waals surface area contributed by atoms with Crippen LogP contribution in [0.2, 0.25) is 0 Å². The molecule has 114 valence electrons. The Morgan fingerprint density at radius 1 is 1.00 bits per heavy atom. The molecule has 0 N–H and O–H groups in total. The Morgan fingerprint density at radius 2 is 1.77 bits per heavy atom. The number of carbonyl (C=O) groups excluding carboxylic acids is 1. The number of hydrogen-bond donors (Lipinski definition) is 0. The van der Waals surface area contributed by atoms with Crippen LogP contribution in [0.25, 0.3) is 0 Å². The smallest absolute Gasteiger partial charge is 0.193 e. The van der Waals surface area contributed by atoms with E-state index in [1.807, 2.05) is 24.3 Å². The van der Waals surface area contributed by atoms with E-state index < -0.39 is 0 Å². The molecule has 0 saturated carbocycles. The standard InChI is InChI=1S/C19H20FNO/c20-17-9-6-8-15(13-17)19(22)18-10-3-2-7-16(18)14-21-11-4-1-5-12-21/h2-3,6-10,13H,1,4-5,11-12,14H2. The van der Waals surface area contributed by atoms with Crippen molar-refractivity contribution in [2.75, 3.05) is 13.1 Å². The largest absolute Gasteiger partial charge is 0.299 e. The van der Waals surface area contributed by atoms with Crippen molar-refractivity contribution in [3.63, 3.8) is 0 Å².